The van der Waals surface area contributed by atoms with Gasteiger partial charge in [0, 0.05) is 65.4 Å². The van der Waals surface area contributed by atoms with Crippen LogP contribution in [0.2, 0.25) is 0 Å². The van der Waals surface area contributed by atoms with Crippen molar-refractivity contribution in [2.45, 2.75) is 44.1 Å². The monoisotopic (exact) mass is 428 g/mol. The van der Waals surface area contributed by atoms with Gasteiger partial charge in [0.15, 0.2) is 0 Å². The number of rotatable bonds is 3. The number of piperidine rings is 1. The van der Waals surface area contributed by atoms with Crippen LogP contribution >= 0.6 is 0 Å². The molecule has 0 N–H and O–H groups in total. The average molecular weight is 428 g/mol. The van der Waals surface area contributed by atoms with E-state index in [1.807, 2.05) is 0 Å². The molecule has 2 fully saturated rings. The molecule has 0 spiro atoms. The van der Waals surface area contributed by atoms with Crippen molar-refractivity contribution in [3.8, 4) is 0 Å². The van der Waals surface area contributed by atoms with Crippen LogP contribution in [0.4, 0.5) is 0 Å². The third-order valence-electron chi connectivity index (χ3n) is 3.96. The van der Waals surface area contributed by atoms with Gasteiger partial charge in [-0.25, -0.2) is 5.54 Å². The summed E-state index contributed by atoms with van der Waals surface area (Å²) < 4.78 is 0. The first-order valence-corrected chi connectivity index (χ1v) is 7.19. The van der Waals surface area contributed by atoms with E-state index in [9.17, 15) is 0 Å². The minimum absolute atomic E-state index is 0. The van der Waals surface area contributed by atoms with E-state index in [0.717, 1.165) is 19.4 Å². The maximum absolute atomic E-state index is 4.03. The molecule has 20 heavy (non-hydrogen) atoms. The molecule has 114 valence electrons. The molecule has 0 aliphatic carbocycles. The molecule has 0 unspecified atom stereocenters. The molecule has 2 radical (unpaired) electrons. The van der Waals surface area contributed by atoms with Gasteiger partial charge in [0.1, 0.15) is 0 Å². The van der Waals surface area contributed by atoms with Gasteiger partial charge in [0.2, 0.25) is 0 Å². The summed E-state index contributed by atoms with van der Waals surface area (Å²) in [7, 11) is 4.26. The first-order chi connectivity index (χ1) is 8.45. The van der Waals surface area contributed by atoms with E-state index >= 15 is 0 Å². The van der Waals surface area contributed by atoms with Crippen LogP contribution < -0.4 is 0 Å². The average Bonchev–Trinajstić information content (AvgIpc) is 2.28. The fourth-order valence-corrected chi connectivity index (χ4v) is 2.48. The van der Waals surface area contributed by atoms with Crippen molar-refractivity contribution in [3.63, 3.8) is 0 Å². The van der Waals surface area contributed by atoms with Crippen molar-refractivity contribution in [3.05, 3.63) is 26.7 Å². The summed E-state index contributed by atoms with van der Waals surface area (Å²) in [5, 5.41) is 0. The molecule has 2 saturated heterocycles. The predicted octanol–water partition coefficient (Wildman–Crippen LogP) is 3.01. The van der Waals surface area contributed by atoms with Gasteiger partial charge in [-0.2, -0.15) is 12.8 Å². The Bertz CT molecular complexity index is 229. The maximum Gasteiger partial charge on any atom is 0 e. The Morgan fingerprint density at radius 1 is 1.10 bits per heavy atom. The van der Waals surface area contributed by atoms with E-state index in [1.54, 1.807) is 5.92 Å². The molecule has 4 heteroatoms. The Kier molecular flexibility index (Phi) is 15.3. The molecule has 2 rings (SSSR count). The molecular weight excluding hydrogens is 398 g/mol. The van der Waals surface area contributed by atoms with Crippen LogP contribution in [0.1, 0.15) is 38.5 Å². The van der Waals surface area contributed by atoms with E-state index in [0.29, 0.717) is 0 Å². The van der Waals surface area contributed by atoms with Gasteiger partial charge in [-0.15, -0.1) is 19.5 Å². The van der Waals surface area contributed by atoms with Crippen molar-refractivity contribution in [2.24, 2.45) is 0 Å². The number of nitrogens with zero attached hydrogens (tertiary/aromatic N) is 2. The molecule has 2 aliphatic heterocycles. The van der Waals surface area contributed by atoms with Gasteiger partial charge in [0.25, 0.3) is 0 Å². The van der Waals surface area contributed by atoms with Crippen molar-refractivity contribution in [1.82, 2.24) is 9.80 Å². The summed E-state index contributed by atoms with van der Waals surface area (Å²) >= 11 is 0. The number of hydrogen-bond donors (Lipinski definition) is 0. The quantitative estimate of drug-likeness (QED) is 0.638. The van der Waals surface area contributed by atoms with Gasteiger partial charge in [-0.3, -0.25) is 5.92 Å². The molecule has 0 aromatic carbocycles. The summed E-state index contributed by atoms with van der Waals surface area (Å²) in [6.45, 7) is 15.5. The Morgan fingerprint density at radius 2 is 1.70 bits per heavy atom. The molecule has 0 bridgehead atoms. The molecule has 2 aliphatic rings. The topological polar surface area (TPSA) is 6.48 Å². The normalized spacial score (nSPS) is 22.6. The fraction of sp³-hybridized carbons (Fsp3) is 0.750. The first kappa shape index (κ1) is 24.4. The number of likely N-dealkylation sites (tertiary alicyclic amines) is 2. The molecule has 0 atom stereocenters. The maximum atomic E-state index is 4.03. The SMILES string of the molecule is [CH2-]C1([CH2-])CCCCN1C.[CH2-]CCC[C-]1CN(C)C1.[Y].[Y]. The Balaban J connectivity index is 0. The van der Waals surface area contributed by atoms with Gasteiger partial charge in [-0.1, -0.05) is 12.8 Å². The molecule has 0 aromatic rings. The number of unbranched alkanes of at least 4 members (excludes halogenated alkanes) is 1. The minimum atomic E-state index is -0.0295. The van der Waals surface area contributed by atoms with E-state index in [-0.39, 0.29) is 71.0 Å². The predicted molar refractivity (Wildman–Crippen MR) is 79.9 cm³/mol. The van der Waals surface area contributed by atoms with E-state index < -0.39 is 0 Å². The summed E-state index contributed by atoms with van der Waals surface area (Å²) in [6.07, 6.45) is 7.42. The zero-order valence-electron chi connectivity index (χ0n) is 13.5. The summed E-state index contributed by atoms with van der Waals surface area (Å²) in [5.41, 5.74) is -0.0295. The second kappa shape index (κ2) is 12.5. The Hall–Kier alpha value is 2.13. The number of hydrogen-bond acceptors (Lipinski definition) is 2. The first-order valence-electron chi connectivity index (χ1n) is 7.19. The largest absolute Gasteiger partial charge is 0.365 e. The second-order valence-electron chi connectivity index (χ2n) is 5.98. The Morgan fingerprint density at radius 3 is 2.05 bits per heavy atom. The molecule has 0 aromatic heterocycles. The smallest absolute Gasteiger partial charge is 0 e. The third kappa shape index (κ3) is 9.31. The summed E-state index contributed by atoms with van der Waals surface area (Å²) in [5.74, 6) is 1.71. The van der Waals surface area contributed by atoms with E-state index in [1.165, 1.54) is 38.8 Å². The van der Waals surface area contributed by atoms with Crippen LogP contribution in [0, 0.1) is 26.7 Å². The van der Waals surface area contributed by atoms with Crippen LogP contribution in [-0.4, -0.2) is 49.1 Å². The molecule has 2 heterocycles. The van der Waals surface area contributed by atoms with Crippen LogP contribution in [0.5, 0.6) is 0 Å². The molecule has 2 nitrogen and oxygen atoms in total. The van der Waals surface area contributed by atoms with Crippen molar-refractivity contribution in [2.75, 3.05) is 33.7 Å². The van der Waals surface area contributed by atoms with Gasteiger partial charge in [0.05, 0.1) is 0 Å². The van der Waals surface area contributed by atoms with Gasteiger partial charge < -0.3 is 30.6 Å². The van der Waals surface area contributed by atoms with Gasteiger partial charge >= 0.3 is 0 Å². The van der Waals surface area contributed by atoms with Crippen molar-refractivity contribution < 1.29 is 65.4 Å². The Labute approximate surface area is 177 Å². The second-order valence-corrected chi connectivity index (χ2v) is 5.98. The molecule has 0 amide bonds. The van der Waals surface area contributed by atoms with Gasteiger partial charge in [-0.05, 0) is 27.1 Å². The van der Waals surface area contributed by atoms with Crippen LogP contribution in [-0.2, 0) is 65.4 Å². The molecular formula is C16H30N2Y2-4. The van der Waals surface area contributed by atoms with Crippen LogP contribution in [0.3, 0.4) is 0 Å². The van der Waals surface area contributed by atoms with Crippen molar-refractivity contribution >= 4 is 0 Å². The van der Waals surface area contributed by atoms with E-state index in [4.69, 9.17) is 0 Å². The molecule has 0 saturated carbocycles. The van der Waals surface area contributed by atoms with Crippen molar-refractivity contribution in [1.29, 1.82) is 0 Å². The summed E-state index contributed by atoms with van der Waals surface area (Å²) in [4.78, 5) is 4.56. The van der Waals surface area contributed by atoms with Crippen LogP contribution in [0.25, 0.3) is 0 Å². The fourth-order valence-electron chi connectivity index (χ4n) is 2.48. The minimum Gasteiger partial charge on any atom is -0.365 e. The summed E-state index contributed by atoms with van der Waals surface area (Å²) in [6, 6.07) is 0. The van der Waals surface area contributed by atoms with E-state index in [2.05, 4.69) is 44.7 Å². The zero-order valence-corrected chi connectivity index (χ0v) is 19.2. The zero-order chi connectivity index (χ0) is 13.6. The third-order valence-corrected chi connectivity index (χ3v) is 3.96. The van der Waals surface area contributed by atoms with Crippen LogP contribution in [0.15, 0.2) is 0 Å². The standard InChI is InChI=1S/2C8H15N.2Y/c1-8(2)6-4-5-7-9(8)3;1-3-4-5-8-6-9(2)7-8;;/h1-2,4-7H2,3H3;1,3-7H2,2H3;;/q2*-2;;.